The lowest BCUT2D eigenvalue weighted by Crippen LogP contribution is -2.65. The number of nitrogens with zero attached hydrogens (tertiary/aromatic N) is 4. The van der Waals surface area contributed by atoms with E-state index in [1.165, 1.54) is 12.3 Å². The van der Waals surface area contributed by atoms with Gasteiger partial charge >= 0.3 is 18.2 Å². The Morgan fingerprint density at radius 1 is 1.11 bits per heavy atom. The molecule has 5 rings (SSSR count). The Labute approximate surface area is 212 Å². The number of aromatic nitrogens is 3. The summed E-state index contributed by atoms with van der Waals surface area (Å²) in [6, 6.07) is 1.45. The molecule has 3 aliphatic rings. The zero-order valence-corrected chi connectivity index (χ0v) is 21.5. The molecular formula is C23H26BrF5N4O3. The van der Waals surface area contributed by atoms with Crippen molar-refractivity contribution in [2.24, 2.45) is 10.8 Å². The topological polar surface area (TPSA) is 92.4 Å². The molecule has 3 saturated carbocycles. The minimum atomic E-state index is -4.71. The van der Waals surface area contributed by atoms with Gasteiger partial charge in [-0.2, -0.15) is 26.9 Å². The van der Waals surface area contributed by atoms with Crippen LogP contribution in [0.4, 0.5) is 32.6 Å². The first kappa shape index (κ1) is 26.7. The molecule has 198 valence electrons. The number of alkyl halides is 5. The standard InChI is InChI=1S/C23H26BrF5N4O3/c1-19(2,23(27,28)29)15(33(18(34)35)14-12-13(24)4-11-30-14)21-5-8-22(9-6-21,10-7-21)16-31-17(36-32-16)20(3,25)26/h4,11-12,15H,5-10H2,1-3H3,(H,34,35). The van der Waals surface area contributed by atoms with Gasteiger partial charge in [-0.15, -0.1) is 0 Å². The van der Waals surface area contributed by atoms with Gasteiger partial charge in [-0.1, -0.05) is 21.1 Å². The number of pyridine rings is 1. The van der Waals surface area contributed by atoms with Gasteiger partial charge in [-0.3, -0.25) is 4.90 Å². The predicted octanol–water partition coefficient (Wildman–Crippen LogP) is 7.07. The zero-order chi connectivity index (χ0) is 26.7. The molecule has 3 aliphatic carbocycles. The number of hydrogen-bond donors (Lipinski definition) is 1. The first-order valence-corrected chi connectivity index (χ1v) is 12.2. The molecule has 0 saturated heterocycles. The van der Waals surface area contributed by atoms with Gasteiger partial charge in [0.15, 0.2) is 5.82 Å². The Kier molecular flexibility index (Phi) is 6.41. The smallest absolute Gasteiger partial charge is 0.413 e. The molecular weight excluding hydrogens is 555 g/mol. The van der Waals surface area contributed by atoms with Crippen LogP contribution in [0, 0.1) is 10.8 Å². The molecule has 0 aliphatic heterocycles. The van der Waals surface area contributed by atoms with Crippen molar-refractivity contribution in [2.75, 3.05) is 4.90 Å². The first-order valence-electron chi connectivity index (χ1n) is 11.5. The minimum Gasteiger partial charge on any atom is -0.465 e. The Balaban J connectivity index is 1.75. The van der Waals surface area contributed by atoms with Crippen LogP contribution in [-0.4, -0.2) is 38.5 Å². The van der Waals surface area contributed by atoms with E-state index in [1.54, 1.807) is 6.07 Å². The van der Waals surface area contributed by atoms with Crippen molar-refractivity contribution < 1.29 is 36.4 Å². The van der Waals surface area contributed by atoms with E-state index in [1.807, 2.05) is 0 Å². The highest BCUT2D eigenvalue weighted by Crippen LogP contribution is 2.63. The van der Waals surface area contributed by atoms with Crippen molar-refractivity contribution in [1.29, 1.82) is 0 Å². The summed E-state index contributed by atoms with van der Waals surface area (Å²) < 4.78 is 76.0. The monoisotopic (exact) mass is 580 g/mol. The van der Waals surface area contributed by atoms with E-state index in [9.17, 15) is 31.9 Å². The molecule has 2 heterocycles. The lowest BCUT2D eigenvalue weighted by atomic mass is 9.48. The fourth-order valence-corrected chi connectivity index (χ4v) is 6.28. The van der Waals surface area contributed by atoms with Crippen molar-refractivity contribution in [1.82, 2.24) is 15.1 Å². The third-order valence-corrected chi connectivity index (χ3v) is 8.49. The van der Waals surface area contributed by atoms with E-state index < -0.39 is 46.4 Å². The van der Waals surface area contributed by atoms with Crippen LogP contribution in [0.15, 0.2) is 27.3 Å². The number of carboxylic acid groups (broad SMARTS) is 1. The Morgan fingerprint density at radius 3 is 2.14 bits per heavy atom. The summed E-state index contributed by atoms with van der Waals surface area (Å²) in [5.41, 5.74) is -4.15. The quantitative estimate of drug-likeness (QED) is 0.367. The average molecular weight is 581 g/mol. The minimum absolute atomic E-state index is 0.107. The summed E-state index contributed by atoms with van der Waals surface area (Å²) in [6.07, 6.45) is -3.24. The van der Waals surface area contributed by atoms with E-state index in [-0.39, 0.29) is 30.9 Å². The van der Waals surface area contributed by atoms with Crippen molar-refractivity contribution in [3.05, 3.63) is 34.5 Å². The Morgan fingerprint density at radius 2 is 1.69 bits per heavy atom. The van der Waals surface area contributed by atoms with Crippen LogP contribution < -0.4 is 4.90 Å². The number of fused-ring (bicyclic) bond motifs is 3. The lowest BCUT2D eigenvalue weighted by Gasteiger charge is -2.60. The van der Waals surface area contributed by atoms with E-state index in [0.29, 0.717) is 30.7 Å². The number of anilines is 1. The molecule has 36 heavy (non-hydrogen) atoms. The molecule has 1 N–H and O–H groups in total. The molecule has 2 aromatic rings. The largest absolute Gasteiger partial charge is 0.465 e. The third-order valence-electron chi connectivity index (χ3n) is 7.99. The first-order chi connectivity index (χ1) is 16.5. The second kappa shape index (κ2) is 8.63. The van der Waals surface area contributed by atoms with Crippen molar-refractivity contribution in [3.8, 4) is 0 Å². The maximum Gasteiger partial charge on any atom is 0.413 e. The van der Waals surface area contributed by atoms with E-state index in [4.69, 9.17) is 4.52 Å². The van der Waals surface area contributed by atoms with Gasteiger partial charge in [0.2, 0.25) is 0 Å². The molecule has 13 heteroatoms. The van der Waals surface area contributed by atoms with Crippen LogP contribution in [0.5, 0.6) is 0 Å². The molecule has 0 aromatic carbocycles. The normalized spacial score (nSPS) is 25.6. The summed E-state index contributed by atoms with van der Waals surface area (Å²) in [7, 11) is 0. The molecule has 0 radical (unpaired) electrons. The lowest BCUT2D eigenvalue weighted by molar-refractivity contribution is -0.233. The van der Waals surface area contributed by atoms with Crippen molar-refractivity contribution in [2.45, 2.75) is 82.9 Å². The molecule has 1 unspecified atom stereocenters. The van der Waals surface area contributed by atoms with Crippen LogP contribution >= 0.6 is 15.9 Å². The highest BCUT2D eigenvalue weighted by Gasteiger charge is 2.65. The maximum atomic E-state index is 14.5. The highest BCUT2D eigenvalue weighted by atomic mass is 79.9. The second-order valence-corrected chi connectivity index (χ2v) is 11.5. The highest BCUT2D eigenvalue weighted by molar-refractivity contribution is 9.10. The summed E-state index contributed by atoms with van der Waals surface area (Å²) in [4.78, 5) is 21.3. The Hall–Kier alpha value is -2.31. The van der Waals surface area contributed by atoms with Crippen LogP contribution in [0.3, 0.4) is 0 Å². The SMILES string of the molecule is CC(F)(F)c1nc(C23CCC(C(N(C(=O)O)c4cc(Br)ccn4)C(C)(C)C(F)(F)F)(CC2)CC3)no1. The van der Waals surface area contributed by atoms with E-state index in [2.05, 4.69) is 31.1 Å². The number of hydrogen-bond acceptors (Lipinski definition) is 5. The van der Waals surface area contributed by atoms with Gasteiger partial charge in [-0.05, 0) is 69.9 Å². The van der Waals surface area contributed by atoms with Gasteiger partial charge in [0, 0.05) is 23.0 Å². The number of carbonyl (C=O) groups is 1. The molecule has 7 nitrogen and oxygen atoms in total. The van der Waals surface area contributed by atoms with E-state index >= 15 is 0 Å². The van der Waals surface area contributed by atoms with Crippen LogP contribution in [0.2, 0.25) is 0 Å². The van der Waals surface area contributed by atoms with Crippen LogP contribution in [0.25, 0.3) is 0 Å². The summed E-state index contributed by atoms with van der Waals surface area (Å²) in [5, 5.41) is 14.0. The molecule has 1 atom stereocenters. The average Bonchev–Trinajstić information content (AvgIpc) is 3.29. The molecule has 1 amide bonds. The van der Waals surface area contributed by atoms with Gasteiger partial charge in [0.25, 0.3) is 5.89 Å². The van der Waals surface area contributed by atoms with Crippen LogP contribution in [0.1, 0.15) is 71.0 Å². The van der Waals surface area contributed by atoms with Crippen molar-refractivity contribution in [3.63, 3.8) is 0 Å². The van der Waals surface area contributed by atoms with Gasteiger partial charge in [-0.25, -0.2) is 9.78 Å². The molecule has 0 spiro atoms. The van der Waals surface area contributed by atoms with Gasteiger partial charge in [0.1, 0.15) is 5.82 Å². The number of halogens is 6. The van der Waals surface area contributed by atoms with E-state index in [0.717, 1.165) is 18.7 Å². The molecule has 3 fully saturated rings. The van der Waals surface area contributed by atoms with Gasteiger partial charge < -0.3 is 9.63 Å². The number of amides is 1. The predicted molar refractivity (Wildman–Crippen MR) is 122 cm³/mol. The van der Waals surface area contributed by atoms with Gasteiger partial charge in [0.05, 0.1) is 11.5 Å². The second-order valence-electron chi connectivity index (χ2n) is 10.6. The van der Waals surface area contributed by atoms with Crippen molar-refractivity contribution >= 4 is 27.8 Å². The zero-order valence-electron chi connectivity index (χ0n) is 19.9. The Bertz CT molecular complexity index is 1120. The van der Waals surface area contributed by atoms with Crippen LogP contribution in [-0.2, 0) is 11.3 Å². The summed E-state index contributed by atoms with van der Waals surface area (Å²) >= 11 is 3.24. The summed E-state index contributed by atoms with van der Waals surface area (Å²) in [6.45, 7) is 2.69. The molecule has 2 aromatic heterocycles. The maximum absolute atomic E-state index is 14.5. The third kappa shape index (κ3) is 4.37. The number of rotatable bonds is 6. The molecule has 2 bridgehead atoms. The summed E-state index contributed by atoms with van der Waals surface area (Å²) in [5.74, 6) is -4.09. The fraction of sp³-hybridized carbons (Fsp3) is 0.652. The fourth-order valence-electron chi connectivity index (χ4n) is 5.96.